The zero-order valence-electron chi connectivity index (χ0n) is 14.9. The summed E-state index contributed by atoms with van der Waals surface area (Å²) in [6.45, 7) is 2.00. The summed E-state index contributed by atoms with van der Waals surface area (Å²) < 4.78 is 26.6. The molecule has 0 amide bonds. The molecule has 7 heteroatoms. The van der Waals surface area contributed by atoms with E-state index in [9.17, 15) is 18.0 Å². The van der Waals surface area contributed by atoms with Gasteiger partial charge in [0.1, 0.15) is 0 Å². The second kappa shape index (κ2) is 9.25. The highest BCUT2D eigenvalue weighted by atomic mass is 32.2. The Morgan fingerprint density at radius 3 is 2.44 bits per heavy atom. The lowest BCUT2D eigenvalue weighted by atomic mass is 10.1. The average Bonchev–Trinajstić information content (AvgIpc) is 2.63. The van der Waals surface area contributed by atoms with Gasteiger partial charge in [0.05, 0.1) is 4.90 Å². The Labute approximate surface area is 158 Å². The predicted molar refractivity (Wildman–Crippen MR) is 103 cm³/mol. The Morgan fingerprint density at radius 2 is 1.81 bits per heavy atom. The monoisotopic (exact) mass is 387 g/mol. The number of carboxylic acids is 1. The molecule has 2 aromatic rings. The lowest BCUT2D eigenvalue weighted by Gasteiger charge is -2.06. The van der Waals surface area contributed by atoms with Crippen LogP contribution >= 0.6 is 0 Å². The number of carbonyl (C=O) groups excluding carboxylic acids is 1. The number of allylic oxidation sites excluding steroid dienone is 1. The van der Waals surface area contributed by atoms with Crippen molar-refractivity contribution in [2.24, 2.45) is 0 Å². The summed E-state index contributed by atoms with van der Waals surface area (Å²) in [6.07, 6.45) is 3.25. The molecule has 2 aromatic carbocycles. The van der Waals surface area contributed by atoms with Crippen LogP contribution in [0.15, 0.2) is 59.5 Å². The smallest absolute Gasteiger partial charge is 0.303 e. The number of carboxylic acid groups (broad SMARTS) is 1. The molecule has 0 spiro atoms. The summed E-state index contributed by atoms with van der Waals surface area (Å²) in [7, 11) is -3.73. The molecule has 0 aliphatic heterocycles. The molecule has 2 rings (SSSR count). The molecule has 27 heavy (non-hydrogen) atoms. The minimum Gasteiger partial charge on any atom is -0.481 e. The summed E-state index contributed by atoms with van der Waals surface area (Å²) in [4.78, 5) is 22.7. The van der Waals surface area contributed by atoms with Gasteiger partial charge in [0.15, 0.2) is 5.78 Å². The molecule has 142 valence electrons. The van der Waals surface area contributed by atoms with Gasteiger partial charge in [0, 0.05) is 18.5 Å². The van der Waals surface area contributed by atoms with Crippen molar-refractivity contribution >= 4 is 27.9 Å². The maximum atomic E-state index is 12.2. The zero-order valence-corrected chi connectivity index (χ0v) is 15.7. The molecular weight excluding hydrogens is 366 g/mol. The van der Waals surface area contributed by atoms with Gasteiger partial charge in [-0.1, -0.05) is 35.9 Å². The van der Waals surface area contributed by atoms with Crippen LogP contribution in [0.5, 0.6) is 0 Å². The first-order valence-electron chi connectivity index (χ1n) is 8.38. The topological polar surface area (TPSA) is 101 Å². The van der Waals surface area contributed by atoms with Gasteiger partial charge in [-0.2, -0.15) is 0 Å². The van der Waals surface area contributed by atoms with Crippen molar-refractivity contribution in [3.63, 3.8) is 0 Å². The standard InChI is InChI=1S/C20H21NO5S/c1-15-4-2-5-16(14-15)7-12-19(22)17-8-10-18(11-9-17)27(25,26)21-13-3-6-20(23)24/h2,4-5,7-12,14,21H,3,6,13H2,1H3,(H,23,24). The zero-order chi connectivity index (χ0) is 19.9. The van der Waals surface area contributed by atoms with Crippen LogP contribution in [0.2, 0.25) is 0 Å². The maximum absolute atomic E-state index is 12.2. The van der Waals surface area contributed by atoms with Gasteiger partial charge in [-0.3, -0.25) is 9.59 Å². The molecule has 0 radical (unpaired) electrons. The predicted octanol–water partition coefficient (Wildman–Crippen LogP) is 3.03. The quantitative estimate of drug-likeness (QED) is 0.391. The molecular formula is C20H21NO5S. The van der Waals surface area contributed by atoms with Crippen LogP contribution in [0.3, 0.4) is 0 Å². The fraction of sp³-hybridized carbons (Fsp3) is 0.200. The minimum atomic E-state index is -3.73. The van der Waals surface area contributed by atoms with Gasteiger partial charge in [-0.25, -0.2) is 13.1 Å². The van der Waals surface area contributed by atoms with E-state index in [2.05, 4.69) is 4.72 Å². The number of hydrogen-bond acceptors (Lipinski definition) is 4. The number of rotatable bonds is 9. The minimum absolute atomic E-state index is 0.0250. The summed E-state index contributed by atoms with van der Waals surface area (Å²) in [5.74, 6) is -1.20. The second-order valence-corrected chi connectivity index (χ2v) is 7.80. The van der Waals surface area contributed by atoms with E-state index in [1.807, 2.05) is 31.2 Å². The first kappa shape index (κ1) is 20.5. The fourth-order valence-electron chi connectivity index (χ4n) is 2.37. The third-order valence-electron chi connectivity index (χ3n) is 3.78. The van der Waals surface area contributed by atoms with Crippen LogP contribution in [0.25, 0.3) is 6.08 Å². The Balaban J connectivity index is 2.01. The summed E-state index contributed by atoms with van der Waals surface area (Å²) in [6, 6.07) is 13.3. The SMILES string of the molecule is Cc1cccc(C=CC(=O)c2ccc(S(=O)(=O)NCCCC(=O)O)cc2)c1. The second-order valence-electron chi connectivity index (χ2n) is 6.03. The molecule has 0 unspecified atom stereocenters. The summed E-state index contributed by atoms with van der Waals surface area (Å²) in [5.41, 5.74) is 2.38. The number of nitrogens with one attached hydrogen (secondary N) is 1. The first-order chi connectivity index (χ1) is 12.8. The van der Waals surface area contributed by atoms with Gasteiger partial charge in [0.2, 0.25) is 10.0 Å². The van der Waals surface area contributed by atoms with Gasteiger partial charge < -0.3 is 5.11 Å². The molecule has 0 heterocycles. The van der Waals surface area contributed by atoms with Crippen molar-refractivity contribution in [3.8, 4) is 0 Å². The number of ketones is 1. The molecule has 0 fully saturated rings. The Bertz CT molecular complexity index is 947. The number of sulfonamides is 1. The van der Waals surface area contributed by atoms with E-state index >= 15 is 0 Å². The van der Waals surface area contributed by atoms with E-state index < -0.39 is 16.0 Å². The van der Waals surface area contributed by atoms with E-state index in [1.165, 1.54) is 30.3 Å². The van der Waals surface area contributed by atoms with E-state index in [1.54, 1.807) is 6.08 Å². The van der Waals surface area contributed by atoms with E-state index in [-0.39, 0.29) is 30.1 Å². The van der Waals surface area contributed by atoms with Gasteiger partial charge in [-0.15, -0.1) is 0 Å². The number of aryl methyl sites for hydroxylation is 1. The van der Waals surface area contributed by atoms with E-state index in [0.29, 0.717) is 5.56 Å². The molecule has 2 N–H and O–H groups in total. The lowest BCUT2D eigenvalue weighted by molar-refractivity contribution is -0.137. The van der Waals surface area contributed by atoms with Crippen LogP contribution in [-0.2, 0) is 14.8 Å². The van der Waals surface area contributed by atoms with Crippen molar-refractivity contribution in [2.45, 2.75) is 24.7 Å². The molecule has 0 atom stereocenters. The highest BCUT2D eigenvalue weighted by Crippen LogP contribution is 2.13. The molecule has 0 aliphatic carbocycles. The van der Waals surface area contributed by atoms with Crippen LogP contribution < -0.4 is 4.72 Å². The van der Waals surface area contributed by atoms with Crippen molar-refractivity contribution in [3.05, 3.63) is 71.3 Å². The van der Waals surface area contributed by atoms with Gasteiger partial charge in [0.25, 0.3) is 0 Å². The molecule has 0 saturated heterocycles. The van der Waals surface area contributed by atoms with Crippen LogP contribution in [0.1, 0.15) is 34.3 Å². The number of hydrogen-bond donors (Lipinski definition) is 2. The Morgan fingerprint density at radius 1 is 1.11 bits per heavy atom. The van der Waals surface area contributed by atoms with Gasteiger partial charge >= 0.3 is 5.97 Å². The molecule has 0 aliphatic rings. The molecule has 6 nitrogen and oxygen atoms in total. The number of aliphatic carboxylic acids is 1. The normalized spacial score (nSPS) is 11.6. The molecule has 0 saturated carbocycles. The van der Waals surface area contributed by atoms with Crippen molar-refractivity contribution in [2.75, 3.05) is 6.54 Å². The van der Waals surface area contributed by atoms with Crippen LogP contribution in [0, 0.1) is 6.92 Å². The van der Waals surface area contributed by atoms with E-state index in [0.717, 1.165) is 11.1 Å². The summed E-state index contributed by atoms with van der Waals surface area (Å²) >= 11 is 0. The first-order valence-corrected chi connectivity index (χ1v) is 9.87. The van der Waals surface area contributed by atoms with Crippen LogP contribution in [-0.4, -0.2) is 31.8 Å². The Kier molecular flexibility index (Phi) is 7.04. The highest BCUT2D eigenvalue weighted by Gasteiger charge is 2.14. The van der Waals surface area contributed by atoms with Crippen molar-refractivity contribution < 1.29 is 23.1 Å². The van der Waals surface area contributed by atoms with Crippen molar-refractivity contribution in [1.82, 2.24) is 4.72 Å². The largest absolute Gasteiger partial charge is 0.481 e. The van der Waals surface area contributed by atoms with E-state index in [4.69, 9.17) is 5.11 Å². The molecule has 0 aromatic heterocycles. The van der Waals surface area contributed by atoms with Crippen LogP contribution in [0.4, 0.5) is 0 Å². The number of carbonyl (C=O) groups is 2. The highest BCUT2D eigenvalue weighted by molar-refractivity contribution is 7.89. The molecule has 0 bridgehead atoms. The maximum Gasteiger partial charge on any atom is 0.303 e. The number of benzene rings is 2. The summed E-state index contributed by atoms with van der Waals surface area (Å²) in [5, 5.41) is 8.56. The average molecular weight is 387 g/mol. The third kappa shape index (κ3) is 6.47. The third-order valence-corrected chi connectivity index (χ3v) is 5.25. The van der Waals surface area contributed by atoms with Crippen molar-refractivity contribution in [1.29, 1.82) is 0 Å². The Hall–Kier alpha value is -2.77. The van der Waals surface area contributed by atoms with Gasteiger partial charge in [-0.05, 0) is 49.2 Å². The lowest BCUT2D eigenvalue weighted by Crippen LogP contribution is -2.25. The fourth-order valence-corrected chi connectivity index (χ4v) is 3.44.